The van der Waals surface area contributed by atoms with Gasteiger partial charge in [-0.05, 0) is 55.9 Å². The van der Waals surface area contributed by atoms with Crippen LogP contribution in [0.2, 0.25) is 0 Å². The third kappa shape index (κ3) is 4.95. The van der Waals surface area contributed by atoms with Crippen LogP contribution >= 0.6 is 11.8 Å². The van der Waals surface area contributed by atoms with Gasteiger partial charge in [-0.15, -0.1) is 0 Å². The standard InChI is InChI=1S/C16H32N2S/c1-4-17-15-6-7-16(2,3)12-14(15)13-18-8-5-10-19-11-9-18/h14-15,17H,4-13H2,1-3H3. The molecule has 2 rings (SSSR count). The van der Waals surface area contributed by atoms with Crippen LogP contribution < -0.4 is 5.32 Å². The highest BCUT2D eigenvalue weighted by atomic mass is 32.2. The molecule has 0 spiro atoms. The quantitative estimate of drug-likeness (QED) is 0.853. The summed E-state index contributed by atoms with van der Waals surface area (Å²) in [6, 6.07) is 0.758. The van der Waals surface area contributed by atoms with Gasteiger partial charge in [0, 0.05) is 24.9 Å². The van der Waals surface area contributed by atoms with E-state index in [4.69, 9.17) is 0 Å². The van der Waals surface area contributed by atoms with Crippen molar-refractivity contribution in [2.75, 3.05) is 37.7 Å². The second-order valence-corrected chi connectivity index (χ2v) is 8.32. The molecule has 0 amide bonds. The van der Waals surface area contributed by atoms with E-state index in [1.165, 1.54) is 56.8 Å². The van der Waals surface area contributed by atoms with Gasteiger partial charge in [0.15, 0.2) is 0 Å². The zero-order chi connectivity index (χ0) is 13.7. The summed E-state index contributed by atoms with van der Waals surface area (Å²) in [4.78, 5) is 2.73. The van der Waals surface area contributed by atoms with Gasteiger partial charge in [0.2, 0.25) is 0 Å². The van der Waals surface area contributed by atoms with E-state index in [2.05, 4.69) is 42.7 Å². The minimum atomic E-state index is 0.553. The van der Waals surface area contributed by atoms with Crippen molar-refractivity contribution in [2.24, 2.45) is 11.3 Å². The highest BCUT2D eigenvalue weighted by molar-refractivity contribution is 7.99. The SMILES string of the molecule is CCNC1CCC(C)(C)CC1CN1CCCSCC1. The molecule has 19 heavy (non-hydrogen) atoms. The van der Waals surface area contributed by atoms with Gasteiger partial charge in [0.1, 0.15) is 0 Å². The topological polar surface area (TPSA) is 15.3 Å². The van der Waals surface area contributed by atoms with E-state index in [9.17, 15) is 0 Å². The maximum atomic E-state index is 3.75. The fraction of sp³-hybridized carbons (Fsp3) is 1.00. The maximum absolute atomic E-state index is 3.75. The lowest BCUT2D eigenvalue weighted by atomic mass is 9.69. The van der Waals surface area contributed by atoms with Gasteiger partial charge in [-0.25, -0.2) is 0 Å². The van der Waals surface area contributed by atoms with Gasteiger partial charge in [-0.1, -0.05) is 20.8 Å². The van der Waals surface area contributed by atoms with Crippen LogP contribution in [0.5, 0.6) is 0 Å². The first-order chi connectivity index (χ1) is 9.11. The lowest BCUT2D eigenvalue weighted by Gasteiger charge is -2.43. The highest BCUT2D eigenvalue weighted by Crippen LogP contribution is 2.39. The molecule has 1 N–H and O–H groups in total. The Bertz CT molecular complexity index is 259. The summed E-state index contributed by atoms with van der Waals surface area (Å²) in [7, 11) is 0. The van der Waals surface area contributed by atoms with Crippen LogP contribution in [0.1, 0.15) is 46.5 Å². The highest BCUT2D eigenvalue weighted by Gasteiger charge is 2.35. The van der Waals surface area contributed by atoms with Crippen molar-refractivity contribution >= 4 is 11.8 Å². The lowest BCUT2D eigenvalue weighted by Crippen LogP contribution is -2.47. The lowest BCUT2D eigenvalue weighted by molar-refractivity contribution is 0.103. The van der Waals surface area contributed by atoms with Crippen molar-refractivity contribution < 1.29 is 0 Å². The molecule has 1 heterocycles. The first-order valence-electron chi connectivity index (χ1n) is 8.14. The van der Waals surface area contributed by atoms with Crippen molar-refractivity contribution in [2.45, 2.75) is 52.5 Å². The van der Waals surface area contributed by atoms with Gasteiger partial charge in [0.25, 0.3) is 0 Å². The molecular formula is C16H32N2S. The second kappa shape index (κ2) is 7.33. The Morgan fingerprint density at radius 2 is 2.11 bits per heavy atom. The Hall–Kier alpha value is 0.270. The minimum Gasteiger partial charge on any atom is -0.314 e. The molecule has 2 aliphatic rings. The third-order valence-electron chi connectivity index (χ3n) is 4.79. The fourth-order valence-corrected chi connectivity index (χ4v) is 4.70. The predicted octanol–water partition coefficient (Wildman–Crippen LogP) is 3.23. The summed E-state index contributed by atoms with van der Waals surface area (Å²) in [6.45, 7) is 12.2. The molecule has 1 saturated heterocycles. The molecule has 0 radical (unpaired) electrons. The van der Waals surface area contributed by atoms with E-state index >= 15 is 0 Å². The molecule has 1 aliphatic carbocycles. The molecule has 2 unspecified atom stereocenters. The summed E-state index contributed by atoms with van der Waals surface area (Å²) >= 11 is 2.14. The van der Waals surface area contributed by atoms with E-state index in [1.807, 2.05) is 0 Å². The Morgan fingerprint density at radius 1 is 1.26 bits per heavy atom. The third-order valence-corrected chi connectivity index (χ3v) is 5.84. The zero-order valence-corrected chi connectivity index (χ0v) is 13.9. The normalized spacial score (nSPS) is 33.0. The molecule has 112 valence electrons. The van der Waals surface area contributed by atoms with Crippen LogP contribution in [0, 0.1) is 11.3 Å². The van der Waals surface area contributed by atoms with Gasteiger partial charge in [-0.3, -0.25) is 0 Å². The van der Waals surface area contributed by atoms with Gasteiger partial charge in [-0.2, -0.15) is 11.8 Å². The first kappa shape index (κ1) is 15.7. The molecule has 2 nitrogen and oxygen atoms in total. The summed E-state index contributed by atoms with van der Waals surface area (Å²) in [5, 5.41) is 3.75. The predicted molar refractivity (Wildman–Crippen MR) is 87.0 cm³/mol. The Kier molecular flexibility index (Phi) is 6.04. The van der Waals surface area contributed by atoms with Crippen LogP contribution in [0.3, 0.4) is 0 Å². The number of nitrogens with one attached hydrogen (secondary N) is 1. The molecule has 0 aromatic rings. The molecule has 3 heteroatoms. The molecule has 1 saturated carbocycles. The molecule has 2 fully saturated rings. The largest absolute Gasteiger partial charge is 0.314 e. The number of thioether (sulfide) groups is 1. The van der Waals surface area contributed by atoms with E-state index in [-0.39, 0.29) is 0 Å². The van der Waals surface area contributed by atoms with Gasteiger partial charge in [0.05, 0.1) is 0 Å². The second-order valence-electron chi connectivity index (χ2n) is 7.10. The average Bonchev–Trinajstić information content (AvgIpc) is 2.61. The number of hydrogen-bond donors (Lipinski definition) is 1. The number of nitrogens with zero attached hydrogens (tertiary/aromatic N) is 1. The zero-order valence-electron chi connectivity index (χ0n) is 13.1. The molecule has 0 aromatic carbocycles. The van der Waals surface area contributed by atoms with E-state index in [1.54, 1.807) is 0 Å². The van der Waals surface area contributed by atoms with Crippen molar-refractivity contribution in [3.8, 4) is 0 Å². The molecule has 2 atom stereocenters. The number of hydrogen-bond acceptors (Lipinski definition) is 3. The van der Waals surface area contributed by atoms with Gasteiger partial charge >= 0.3 is 0 Å². The van der Waals surface area contributed by atoms with Crippen molar-refractivity contribution in [3.05, 3.63) is 0 Å². The smallest absolute Gasteiger partial charge is 0.0108 e. The van der Waals surface area contributed by atoms with Crippen LogP contribution in [0.25, 0.3) is 0 Å². The molecule has 1 aliphatic heterocycles. The molecular weight excluding hydrogens is 252 g/mol. The van der Waals surface area contributed by atoms with E-state index in [0.717, 1.165) is 18.5 Å². The number of rotatable bonds is 4. The van der Waals surface area contributed by atoms with Crippen LogP contribution in [-0.4, -0.2) is 48.6 Å². The average molecular weight is 285 g/mol. The summed E-state index contributed by atoms with van der Waals surface area (Å²) in [5.74, 6) is 3.55. The molecule has 0 aromatic heterocycles. The maximum Gasteiger partial charge on any atom is 0.0108 e. The van der Waals surface area contributed by atoms with E-state index < -0.39 is 0 Å². The molecule has 0 bridgehead atoms. The monoisotopic (exact) mass is 284 g/mol. The van der Waals surface area contributed by atoms with E-state index in [0.29, 0.717) is 5.41 Å². The summed E-state index contributed by atoms with van der Waals surface area (Å²) in [5.41, 5.74) is 0.553. The van der Waals surface area contributed by atoms with Crippen LogP contribution in [-0.2, 0) is 0 Å². The fourth-order valence-electron chi connectivity index (χ4n) is 3.77. The van der Waals surface area contributed by atoms with Crippen LogP contribution in [0.15, 0.2) is 0 Å². The minimum absolute atomic E-state index is 0.553. The Labute approximate surface area is 124 Å². The van der Waals surface area contributed by atoms with Crippen molar-refractivity contribution in [1.82, 2.24) is 10.2 Å². The summed E-state index contributed by atoms with van der Waals surface area (Å²) in [6.07, 6.45) is 5.53. The van der Waals surface area contributed by atoms with Crippen molar-refractivity contribution in [1.29, 1.82) is 0 Å². The Morgan fingerprint density at radius 3 is 2.89 bits per heavy atom. The van der Waals surface area contributed by atoms with Crippen molar-refractivity contribution in [3.63, 3.8) is 0 Å². The summed E-state index contributed by atoms with van der Waals surface area (Å²) < 4.78 is 0. The first-order valence-corrected chi connectivity index (χ1v) is 9.30. The van der Waals surface area contributed by atoms with Crippen LogP contribution in [0.4, 0.5) is 0 Å². The Balaban J connectivity index is 1.92. The van der Waals surface area contributed by atoms with Gasteiger partial charge < -0.3 is 10.2 Å².